The Bertz CT molecular complexity index is 439. The van der Waals surface area contributed by atoms with E-state index in [2.05, 4.69) is 0 Å². The highest BCUT2D eigenvalue weighted by atomic mass is 16.7. The van der Waals surface area contributed by atoms with Crippen LogP contribution in [0.3, 0.4) is 0 Å². The van der Waals surface area contributed by atoms with Crippen LogP contribution in [-0.4, -0.2) is 64.8 Å². The molecule has 6 N–H and O–H groups in total. The van der Waals surface area contributed by atoms with E-state index >= 15 is 0 Å². The van der Waals surface area contributed by atoms with Gasteiger partial charge in [0.1, 0.15) is 30.2 Å². The van der Waals surface area contributed by atoms with E-state index in [9.17, 15) is 15.3 Å². The molecule has 0 saturated carbocycles. The Hall–Kier alpha value is -1.26. The third-order valence-electron chi connectivity index (χ3n) is 3.23. The molecule has 0 amide bonds. The quantitative estimate of drug-likeness (QED) is 0.304. The van der Waals surface area contributed by atoms with Gasteiger partial charge in [-0.2, -0.15) is 5.48 Å². The Kier molecular flexibility index (Phi) is 5.48. The molecule has 0 radical (unpaired) electrons. The predicted octanol–water partition coefficient (Wildman–Crippen LogP) is -2.38. The average molecular weight is 302 g/mol. The molecule has 118 valence electrons. The molecule has 8 nitrogen and oxygen atoms in total. The first-order chi connectivity index (χ1) is 10.1. The largest absolute Gasteiger partial charge is 0.462 e. The van der Waals surface area contributed by atoms with Gasteiger partial charge in [-0.3, -0.25) is 0 Å². The zero-order valence-electron chi connectivity index (χ0n) is 11.5. The molecule has 0 aromatic heterocycles. The molecule has 0 bridgehead atoms. The zero-order valence-corrected chi connectivity index (χ0v) is 11.5. The van der Waals surface area contributed by atoms with Gasteiger partial charge in [-0.15, -0.1) is 0 Å². The minimum Gasteiger partial charge on any atom is -0.462 e. The monoisotopic (exact) mass is 302 g/mol. The topological polar surface area (TPSA) is 125 Å². The van der Waals surface area contributed by atoms with Crippen molar-refractivity contribution < 1.29 is 40.2 Å². The van der Waals surface area contributed by atoms with E-state index in [1.54, 1.807) is 36.9 Å². The summed E-state index contributed by atoms with van der Waals surface area (Å²) in [6.45, 7) is -0.494. The van der Waals surface area contributed by atoms with Crippen molar-refractivity contribution in [2.75, 3.05) is 13.7 Å². The van der Waals surface area contributed by atoms with Crippen molar-refractivity contribution in [1.29, 1.82) is 0 Å². The fourth-order valence-electron chi connectivity index (χ4n) is 2.06. The van der Waals surface area contributed by atoms with Crippen LogP contribution in [0, 0.1) is 0 Å². The summed E-state index contributed by atoms with van der Waals surface area (Å²) in [4.78, 5) is 4.87. The van der Waals surface area contributed by atoms with Gasteiger partial charge in [-0.25, -0.2) is 4.84 Å². The fourth-order valence-corrected chi connectivity index (χ4v) is 2.06. The second kappa shape index (κ2) is 7.14. The summed E-state index contributed by atoms with van der Waals surface area (Å²) in [5, 5.41) is 38.3. The second-order valence-electron chi connectivity index (χ2n) is 4.74. The maximum atomic E-state index is 9.85. The van der Waals surface area contributed by atoms with E-state index < -0.39 is 37.3 Å². The van der Waals surface area contributed by atoms with Gasteiger partial charge >= 0.3 is 0 Å². The van der Waals surface area contributed by atoms with Gasteiger partial charge in [0.2, 0.25) is 6.29 Å². The molecule has 1 aromatic rings. The molecule has 2 rings (SSSR count). The summed E-state index contributed by atoms with van der Waals surface area (Å²) in [6.07, 6.45) is -6.45. The fraction of sp³-hybridized carbons (Fsp3) is 0.538. The summed E-state index contributed by atoms with van der Waals surface area (Å²) in [5.41, 5.74) is 2.39. The molecule has 0 aliphatic carbocycles. The summed E-state index contributed by atoms with van der Waals surface area (Å²) in [5.74, 6) is 0.410. The summed E-state index contributed by atoms with van der Waals surface area (Å²) in [7, 11) is 1.54. The van der Waals surface area contributed by atoms with Crippen molar-refractivity contribution in [1.82, 2.24) is 0 Å². The lowest BCUT2D eigenvalue weighted by Crippen LogP contribution is -2.75. The molecule has 1 aliphatic heterocycles. The van der Waals surface area contributed by atoms with Crippen LogP contribution in [0.25, 0.3) is 0 Å². The van der Waals surface area contributed by atoms with Crippen molar-refractivity contribution in [2.24, 2.45) is 0 Å². The number of aliphatic hydroxyl groups excluding tert-OH is 4. The zero-order chi connectivity index (χ0) is 15.4. The number of benzene rings is 1. The van der Waals surface area contributed by atoms with Crippen molar-refractivity contribution in [3.8, 4) is 5.75 Å². The van der Waals surface area contributed by atoms with E-state index in [0.717, 1.165) is 5.69 Å². The Balaban J connectivity index is 2.03. The molecule has 5 atom stereocenters. The van der Waals surface area contributed by atoms with Gasteiger partial charge in [-0.05, 0) is 12.1 Å². The van der Waals surface area contributed by atoms with Crippen LogP contribution < -0.4 is 10.2 Å². The first-order valence-corrected chi connectivity index (χ1v) is 6.50. The van der Waals surface area contributed by atoms with Crippen LogP contribution >= 0.6 is 0 Å². The van der Waals surface area contributed by atoms with E-state index in [1.807, 2.05) is 0 Å². The van der Waals surface area contributed by atoms with Crippen LogP contribution in [0.1, 0.15) is 0 Å². The number of nitrogens with two attached hydrogens (primary N) is 1. The van der Waals surface area contributed by atoms with E-state index in [-0.39, 0.29) is 0 Å². The smallest absolute Gasteiger partial charge is 0.229 e. The number of aliphatic hydroxyl groups is 4. The first kappa shape index (κ1) is 16.1. The molecule has 1 saturated heterocycles. The molecular formula is C13H20NO7+. The molecule has 5 unspecified atom stereocenters. The van der Waals surface area contributed by atoms with Crippen LogP contribution in [-0.2, 0) is 9.57 Å². The Morgan fingerprint density at radius 2 is 1.76 bits per heavy atom. The average Bonchev–Trinajstić information content (AvgIpc) is 2.50. The second-order valence-corrected chi connectivity index (χ2v) is 4.74. The van der Waals surface area contributed by atoms with Crippen molar-refractivity contribution >= 4 is 5.69 Å². The highest BCUT2D eigenvalue weighted by molar-refractivity contribution is 5.35. The maximum absolute atomic E-state index is 9.85. The predicted molar refractivity (Wildman–Crippen MR) is 69.4 cm³/mol. The highest BCUT2D eigenvalue weighted by Gasteiger charge is 2.44. The summed E-state index contributed by atoms with van der Waals surface area (Å²) >= 11 is 0. The lowest BCUT2D eigenvalue weighted by molar-refractivity contribution is -0.830. The Labute approximate surface area is 121 Å². The SMILES string of the molecule is CO[NH2+]c1ccc(OC2OC(CO)C(O)C(O)C2O)cc1. The minimum absolute atomic E-state index is 0.410. The number of ether oxygens (including phenoxy) is 2. The van der Waals surface area contributed by atoms with Gasteiger partial charge in [0.15, 0.2) is 5.69 Å². The van der Waals surface area contributed by atoms with Crippen LogP contribution in [0.2, 0.25) is 0 Å². The van der Waals surface area contributed by atoms with E-state index in [1.165, 1.54) is 0 Å². The Morgan fingerprint density at radius 1 is 1.10 bits per heavy atom. The van der Waals surface area contributed by atoms with Crippen molar-refractivity contribution in [3.63, 3.8) is 0 Å². The van der Waals surface area contributed by atoms with Crippen LogP contribution in [0.5, 0.6) is 5.75 Å². The molecular weight excluding hydrogens is 282 g/mol. The number of hydrogen-bond donors (Lipinski definition) is 5. The van der Waals surface area contributed by atoms with Crippen LogP contribution in [0.15, 0.2) is 24.3 Å². The molecule has 1 aliphatic rings. The third kappa shape index (κ3) is 3.69. The molecule has 1 fully saturated rings. The normalized spacial score (nSPS) is 32.9. The lowest BCUT2D eigenvalue weighted by Gasteiger charge is -2.39. The van der Waals surface area contributed by atoms with Gasteiger partial charge in [0.25, 0.3) is 0 Å². The number of quaternary nitrogens is 1. The standard InChI is InChI=1S/C13H19NO7/c1-19-14-7-2-4-8(5-3-7)20-13-12(18)11(17)10(16)9(6-15)21-13/h2-5,9-18H,6H2,1H3/p+1. The molecule has 8 heteroatoms. The van der Waals surface area contributed by atoms with Crippen LogP contribution in [0.4, 0.5) is 5.69 Å². The number of rotatable bonds is 5. The third-order valence-corrected chi connectivity index (χ3v) is 3.23. The van der Waals surface area contributed by atoms with E-state index in [0.29, 0.717) is 5.75 Å². The first-order valence-electron chi connectivity index (χ1n) is 6.50. The van der Waals surface area contributed by atoms with Gasteiger partial charge < -0.3 is 29.9 Å². The molecule has 1 heterocycles. The summed E-state index contributed by atoms with van der Waals surface area (Å²) in [6, 6.07) is 6.77. The number of hydrogen-bond acceptors (Lipinski definition) is 7. The van der Waals surface area contributed by atoms with Crippen molar-refractivity contribution in [3.05, 3.63) is 24.3 Å². The Morgan fingerprint density at radius 3 is 2.33 bits per heavy atom. The molecule has 1 aromatic carbocycles. The highest BCUT2D eigenvalue weighted by Crippen LogP contribution is 2.24. The van der Waals surface area contributed by atoms with Gasteiger partial charge in [0, 0.05) is 12.1 Å². The maximum Gasteiger partial charge on any atom is 0.229 e. The molecule has 0 spiro atoms. The molecule has 21 heavy (non-hydrogen) atoms. The van der Waals surface area contributed by atoms with Crippen molar-refractivity contribution in [2.45, 2.75) is 30.7 Å². The lowest BCUT2D eigenvalue weighted by atomic mass is 9.99. The van der Waals surface area contributed by atoms with Gasteiger partial charge in [-0.1, -0.05) is 0 Å². The van der Waals surface area contributed by atoms with E-state index in [4.69, 9.17) is 19.4 Å². The minimum atomic E-state index is -1.46. The van der Waals surface area contributed by atoms with Gasteiger partial charge in [0.05, 0.1) is 13.7 Å². The summed E-state index contributed by atoms with van der Waals surface area (Å²) < 4.78 is 10.7.